The van der Waals surface area contributed by atoms with E-state index in [0.717, 1.165) is 4.57 Å². The van der Waals surface area contributed by atoms with Gasteiger partial charge in [0.1, 0.15) is 18.0 Å². The van der Waals surface area contributed by atoms with Gasteiger partial charge in [0.2, 0.25) is 5.78 Å². The number of benzene rings is 2. The molecule has 0 bridgehead atoms. The van der Waals surface area contributed by atoms with E-state index in [1.165, 1.54) is 26.6 Å². The van der Waals surface area contributed by atoms with Crippen LogP contribution in [0, 0.1) is 0 Å². The zero-order valence-electron chi connectivity index (χ0n) is 15.4. The Bertz CT molecular complexity index is 1090. The number of nitrogens with zero attached hydrogens (tertiary/aromatic N) is 2. The molecule has 0 aliphatic carbocycles. The monoisotopic (exact) mass is 382 g/mol. The Morgan fingerprint density at radius 1 is 1.07 bits per heavy atom. The number of ether oxygens (including phenoxy) is 3. The highest BCUT2D eigenvalue weighted by Gasteiger charge is 2.16. The normalized spacial score (nSPS) is 10.5. The highest BCUT2D eigenvalue weighted by atomic mass is 16.5. The molecule has 1 aromatic heterocycles. The summed E-state index contributed by atoms with van der Waals surface area (Å²) in [5.41, 5.74) is 0.417. The van der Waals surface area contributed by atoms with E-state index in [0.29, 0.717) is 22.4 Å². The maximum atomic E-state index is 12.4. The molecule has 3 rings (SSSR count). The molecule has 0 N–H and O–H groups in total. The van der Waals surface area contributed by atoms with Gasteiger partial charge in [0.05, 0.1) is 37.0 Å². The van der Waals surface area contributed by atoms with Gasteiger partial charge >= 0.3 is 5.97 Å². The molecule has 28 heavy (non-hydrogen) atoms. The van der Waals surface area contributed by atoms with Crippen molar-refractivity contribution in [1.82, 2.24) is 9.55 Å². The van der Waals surface area contributed by atoms with Crippen LogP contribution in [-0.4, -0.2) is 42.1 Å². The van der Waals surface area contributed by atoms with Crippen molar-refractivity contribution in [3.63, 3.8) is 0 Å². The molecular weight excluding hydrogens is 364 g/mol. The number of hydrogen-bond acceptors (Lipinski definition) is 7. The molecule has 1 heterocycles. The molecule has 0 atom stereocenters. The first-order valence-corrected chi connectivity index (χ1v) is 8.38. The lowest BCUT2D eigenvalue weighted by molar-refractivity contribution is -0.143. The predicted molar refractivity (Wildman–Crippen MR) is 101 cm³/mol. The lowest BCUT2D eigenvalue weighted by atomic mass is 10.1. The molecule has 0 radical (unpaired) electrons. The lowest BCUT2D eigenvalue weighted by Gasteiger charge is -2.10. The topological polar surface area (TPSA) is 96.7 Å². The van der Waals surface area contributed by atoms with Gasteiger partial charge in [-0.1, -0.05) is 12.1 Å². The van der Waals surface area contributed by atoms with E-state index in [4.69, 9.17) is 14.2 Å². The number of fused-ring (bicyclic) bond motifs is 1. The molecule has 8 nitrogen and oxygen atoms in total. The van der Waals surface area contributed by atoms with Crippen molar-refractivity contribution >= 4 is 22.7 Å². The summed E-state index contributed by atoms with van der Waals surface area (Å²) in [5.74, 6) is -0.358. The Morgan fingerprint density at radius 3 is 2.61 bits per heavy atom. The Morgan fingerprint density at radius 2 is 1.86 bits per heavy atom. The number of carbonyl (C=O) groups is 2. The zero-order valence-corrected chi connectivity index (χ0v) is 15.4. The minimum Gasteiger partial charge on any atom is -0.497 e. The molecule has 144 valence electrons. The quantitative estimate of drug-likeness (QED) is 0.454. The molecular formula is C20H18N2O6. The second-order valence-electron chi connectivity index (χ2n) is 5.84. The smallest absolute Gasteiger partial charge is 0.326 e. The molecule has 0 fully saturated rings. The van der Waals surface area contributed by atoms with Gasteiger partial charge in [-0.2, -0.15) is 0 Å². The molecule has 0 saturated heterocycles. The molecule has 0 saturated carbocycles. The van der Waals surface area contributed by atoms with Crippen LogP contribution in [0.15, 0.2) is 53.6 Å². The van der Waals surface area contributed by atoms with Crippen LogP contribution in [0.3, 0.4) is 0 Å². The van der Waals surface area contributed by atoms with E-state index in [1.807, 2.05) is 0 Å². The van der Waals surface area contributed by atoms with Crippen molar-refractivity contribution in [1.29, 1.82) is 0 Å². The van der Waals surface area contributed by atoms with E-state index in [9.17, 15) is 14.4 Å². The fraction of sp³-hybridized carbons (Fsp3) is 0.200. The zero-order chi connectivity index (χ0) is 20.1. The van der Waals surface area contributed by atoms with Gasteiger partial charge in [-0.05, 0) is 30.3 Å². The molecule has 0 aliphatic heterocycles. The minimum absolute atomic E-state index is 0.235. The molecule has 0 spiro atoms. The molecule has 3 aromatic rings. The maximum Gasteiger partial charge on any atom is 0.326 e. The van der Waals surface area contributed by atoms with Gasteiger partial charge in [0.25, 0.3) is 5.56 Å². The van der Waals surface area contributed by atoms with Crippen LogP contribution >= 0.6 is 0 Å². The van der Waals surface area contributed by atoms with E-state index < -0.39 is 18.4 Å². The first kappa shape index (κ1) is 19.1. The average molecular weight is 382 g/mol. The van der Waals surface area contributed by atoms with Crippen LogP contribution in [0.1, 0.15) is 10.4 Å². The van der Waals surface area contributed by atoms with E-state index in [2.05, 4.69) is 4.98 Å². The predicted octanol–water partition coefficient (Wildman–Crippen LogP) is 1.84. The fourth-order valence-corrected chi connectivity index (χ4v) is 2.66. The summed E-state index contributed by atoms with van der Waals surface area (Å²) in [7, 11) is 2.91. The lowest BCUT2D eigenvalue weighted by Crippen LogP contribution is -2.26. The average Bonchev–Trinajstić information content (AvgIpc) is 2.73. The van der Waals surface area contributed by atoms with Crippen LogP contribution in [-0.2, 0) is 16.1 Å². The number of ketones is 1. The first-order chi connectivity index (χ1) is 13.5. The van der Waals surface area contributed by atoms with Crippen LogP contribution in [0.5, 0.6) is 11.5 Å². The van der Waals surface area contributed by atoms with E-state index in [-0.39, 0.29) is 17.7 Å². The van der Waals surface area contributed by atoms with Gasteiger partial charge in [0, 0.05) is 0 Å². The van der Waals surface area contributed by atoms with Crippen molar-refractivity contribution in [2.24, 2.45) is 0 Å². The summed E-state index contributed by atoms with van der Waals surface area (Å²) < 4.78 is 16.4. The van der Waals surface area contributed by atoms with Crippen molar-refractivity contribution < 1.29 is 23.8 Å². The highest BCUT2D eigenvalue weighted by Crippen LogP contribution is 2.24. The van der Waals surface area contributed by atoms with E-state index in [1.54, 1.807) is 36.4 Å². The van der Waals surface area contributed by atoms with Crippen molar-refractivity contribution in [2.45, 2.75) is 6.54 Å². The summed E-state index contributed by atoms with van der Waals surface area (Å²) in [6, 6.07) is 11.6. The first-order valence-electron chi connectivity index (χ1n) is 8.38. The molecule has 8 heteroatoms. The number of aromatic nitrogens is 2. The van der Waals surface area contributed by atoms with Crippen LogP contribution < -0.4 is 15.0 Å². The summed E-state index contributed by atoms with van der Waals surface area (Å²) in [6.45, 7) is -0.836. The number of Topliss-reactive ketones (excluding diaryl/α,β-unsaturated/α-hetero) is 1. The minimum atomic E-state index is -0.727. The third kappa shape index (κ3) is 4.01. The van der Waals surface area contributed by atoms with Crippen molar-refractivity contribution in [3.8, 4) is 11.5 Å². The van der Waals surface area contributed by atoms with Crippen LogP contribution in [0.2, 0.25) is 0 Å². The molecule has 0 aliphatic rings. The van der Waals surface area contributed by atoms with Crippen molar-refractivity contribution in [2.75, 3.05) is 20.8 Å². The SMILES string of the molecule is COc1ccc(OC)c(C(=O)COC(=O)Cn2cnc3ccccc3c2=O)c1. The van der Waals surface area contributed by atoms with Crippen molar-refractivity contribution in [3.05, 3.63) is 64.7 Å². The number of hydrogen-bond donors (Lipinski definition) is 0. The maximum absolute atomic E-state index is 12.4. The van der Waals surface area contributed by atoms with Crippen LogP contribution in [0.25, 0.3) is 10.9 Å². The summed E-state index contributed by atoms with van der Waals surface area (Å²) in [5, 5.41) is 0.398. The standard InChI is InChI=1S/C20H18N2O6/c1-26-13-7-8-18(27-2)15(9-13)17(23)11-28-19(24)10-22-12-21-16-6-4-3-5-14(16)20(22)25/h3-9,12H,10-11H2,1-2H3. The van der Waals surface area contributed by atoms with E-state index >= 15 is 0 Å². The summed E-state index contributed by atoms with van der Waals surface area (Å²) in [4.78, 5) is 41.0. The van der Waals surface area contributed by atoms with Gasteiger partial charge < -0.3 is 14.2 Å². The van der Waals surface area contributed by atoms with Gasteiger partial charge in [0.15, 0.2) is 6.61 Å². The number of methoxy groups -OCH3 is 2. The number of para-hydroxylation sites is 1. The molecule has 2 aromatic carbocycles. The second-order valence-corrected chi connectivity index (χ2v) is 5.84. The van der Waals surface area contributed by atoms with Gasteiger partial charge in [-0.3, -0.25) is 19.0 Å². The van der Waals surface area contributed by atoms with Crippen LogP contribution in [0.4, 0.5) is 0 Å². The number of esters is 1. The highest BCUT2D eigenvalue weighted by molar-refractivity contribution is 6.00. The number of carbonyl (C=O) groups excluding carboxylic acids is 2. The Balaban J connectivity index is 1.69. The summed E-state index contributed by atoms with van der Waals surface area (Å²) >= 11 is 0. The second kappa shape index (κ2) is 8.34. The summed E-state index contributed by atoms with van der Waals surface area (Å²) in [6.07, 6.45) is 1.28. The Labute approximate surface area is 160 Å². The van der Waals surface area contributed by atoms with Gasteiger partial charge in [-0.25, -0.2) is 4.98 Å². The Hall–Kier alpha value is -3.68. The molecule has 0 amide bonds. The molecule has 0 unspecified atom stereocenters. The Kier molecular flexibility index (Phi) is 5.69. The number of rotatable bonds is 7. The van der Waals surface area contributed by atoms with Gasteiger partial charge in [-0.15, -0.1) is 0 Å². The fourth-order valence-electron chi connectivity index (χ4n) is 2.66. The third-order valence-electron chi connectivity index (χ3n) is 4.10. The largest absolute Gasteiger partial charge is 0.497 e. The third-order valence-corrected chi connectivity index (χ3v) is 4.10.